The number of carbonyl (C=O) groups excluding carboxylic acids is 2. The third-order valence-electron chi connectivity index (χ3n) is 4.48. The summed E-state index contributed by atoms with van der Waals surface area (Å²) in [5, 5.41) is 0. The summed E-state index contributed by atoms with van der Waals surface area (Å²) in [4.78, 5) is 27.1. The van der Waals surface area contributed by atoms with Crippen molar-refractivity contribution in [2.45, 2.75) is 11.8 Å². The zero-order chi connectivity index (χ0) is 19.4. The zero-order valence-corrected chi connectivity index (χ0v) is 15.8. The molecule has 27 heavy (non-hydrogen) atoms. The highest BCUT2D eigenvalue weighted by Gasteiger charge is 2.24. The van der Waals surface area contributed by atoms with Crippen LogP contribution in [0.1, 0.15) is 15.9 Å². The Bertz CT molecular complexity index is 934. The number of nitrogens with one attached hydrogen (secondary N) is 1. The van der Waals surface area contributed by atoms with Gasteiger partial charge in [0, 0.05) is 26.2 Å². The molecule has 0 saturated carbocycles. The van der Waals surface area contributed by atoms with Crippen LogP contribution in [0.15, 0.2) is 53.4 Å². The Balaban J connectivity index is 1.83. The molecular formula is C19H21N3O4S. The zero-order valence-electron chi connectivity index (χ0n) is 15.0. The largest absolute Gasteiger partial charge is 0.342 e. The van der Waals surface area contributed by atoms with Crippen molar-refractivity contribution >= 4 is 28.0 Å². The molecule has 142 valence electrons. The van der Waals surface area contributed by atoms with Crippen molar-refractivity contribution in [3.8, 4) is 0 Å². The smallest absolute Gasteiger partial charge is 0.261 e. The van der Waals surface area contributed by atoms with Gasteiger partial charge in [-0.05, 0) is 31.2 Å². The van der Waals surface area contributed by atoms with E-state index in [0.717, 1.165) is 12.0 Å². The summed E-state index contributed by atoms with van der Waals surface area (Å²) in [5.41, 5.74) is 1.48. The molecule has 2 aromatic rings. The van der Waals surface area contributed by atoms with Crippen LogP contribution in [0, 0.1) is 6.92 Å². The first-order valence-corrected chi connectivity index (χ1v) is 10.1. The quantitative estimate of drug-likeness (QED) is 0.792. The van der Waals surface area contributed by atoms with Gasteiger partial charge in [0.1, 0.15) is 0 Å². The summed E-state index contributed by atoms with van der Waals surface area (Å²) >= 11 is 0. The number of anilines is 1. The van der Waals surface area contributed by atoms with Crippen LogP contribution in [-0.4, -0.2) is 56.7 Å². The van der Waals surface area contributed by atoms with E-state index in [-0.39, 0.29) is 22.1 Å². The molecule has 0 bridgehead atoms. The number of carbonyl (C=O) groups is 2. The molecule has 8 heteroatoms. The first-order valence-electron chi connectivity index (χ1n) is 8.58. The highest BCUT2D eigenvalue weighted by Crippen LogP contribution is 2.22. The van der Waals surface area contributed by atoms with Crippen LogP contribution >= 0.6 is 0 Å². The molecule has 2 aromatic carbocycles. The predicted molar refractivity (Wildman–Crippen MR) is 102 cm³/mol. The van der Waals surface area contributed by atoms with Crippen LogP contribution in [0.5, 0.6) is 0 Å². The molecule has 1 N–H and O–H groups in total. The molecule has 1 saturated heterocycles. The molecule has 3 rings (SSSR count). The molecule has 0 radical (unpaired) electrons. The molecule has 7 nitrogen and oxygen atoms in total. The summed E-state index contributed by atoms with van der Waals surface area (Å²) < 4.78 is 27.8. The van der Waals surface area contributed by atoms with Crippen LogP contribution in [0.3, 0.4) is 0 Å². The topological polar surface area (TPSA) is 86.8 Å². The van der Waals surface area contributed by atoms with Gasteiger partial charge in [-0.3, -0.25) is 14.3 Å². The van der Waals surface area contributed by atoms with Gasteiger partial charge in [-0.15, -0.1) is 0 Å². The second-order valence-corrected chi connectivity index (χ2v) is 8.08. The lowest BCUT2D eigenvalue weighted by Gasteiger charge is -2.33. The highest BCUT2D eigenvalue weighted by molar-refractivity contribution is 7.92. The van der Waals surface area contributed by atoms with Crippen LogP contribution in [0.4, 0.5) is 5.69 Å². The first kappa shape index (κ1) is 18.9. The van der Waals surface area contributed by atoms with Crippen molar-refractivity contribution in [3.05, 3.63) is 59.7 Å². The number of nitrogens with zero attached hydrogens (tertiary/aromatic N) is 2. The lowest BCUT2D eigenvalue weighted by atomic mass is 10.1. The van der Waals surface area contributed by atoms with Crippen LogP contribution in [0.2, 0.25) is 0 Å². The molecule has 0 atom stereocenters. The van der Waals surface area contributed by atoms with Gasteiger partial charge >= 0.3 is 0 Å². The second kappa shape index (κ2) is 7.79. The lowest BCUT2D eigenvalue weighted by Crippen LogP contribution is -2.48. The summed E-state index contributed by atoms with van der Waals surface area (Å²) in [6.45, 7) is 3.63. The minimum atomic E-state index is -3.80. The SMILES string of the molecule is Cc1ccc(S(=O)(=O)Nc2ccccc2C(=O)N2CCN(C=O)CC2)cc1. The molecule has 1 aliphatic heterocycles. The lowest BCUT2D eigenvalue weighted by molar-refractivity contribution is -0.119. The van der Waals surface area contributed by atoms with Gasteiger partial charge in [-0.1, -0.05) is 29.8 Å². The van der Waals surface area contributed by atoms with E-state index in [4.69, 9.17) is 0 Å². The number of rotatable bonds is 5. The Kier molecular flexibility index (Phi) is 5.46. The molecule has 2 amide bonds. The minimum Gasteiger partial charge on any atom is -0.342 e. The number of hydrogen-bond donors (Lipinski definition) is 1. The van der Waals surface area contributed by atoms with Crippen molar-refractivity contribution in [2.24, 2.45) is 0 Å². The maximum absolute atomic E-state index is 12.9. The van der Waals surface area contributed by atoms with Crippen molar-refractivity contribution in [1.29, 1.82) is 0 Å². The Labute approximate surface area is 158 Å². The van der Waals surface area contributed by atoms with Crippen molar-refractivity contribution in [2.75, 3.05) is 30.9 Å². The molecule has 1 fully saturated rings. The third kappa shape index (κ3) is 4.28. The summed E-state index contributed by atoms with van der Waals surface area (Å²) in [7, 11) is -3.80. The van der Waals surface area contributed by atoms with E-state index in [1.54, 1.807) is 46.2 Å². The Morgan fingerprint density at radius 2 is 1.63 bits per heavy atom. The average Bonchev–Trinajstić information content (AvgIpc) is 2.68. The summed E-state index contributed by atoms with van der Waals surface area (Å²) in [5.74, 6) is -0.261. The van der Waals surface area contributed by atoms with E-state index in [0.29, 0.717) is 26.2 Å². The van der Waals surface area contributed by atoms with E-state index in [1.807, 2.05) is 6.92 Å². The van der Waals surface area contributed by atoms with Gasteiger partial charge in [0.2, 0.25) is 6.41 Å². The van der Waals surface area contributed by atoms with Crippen molar-refractivity contribution < 1.29 is 18.0 Å². The number of piperazine rings is 1. The van der Waals surface area contributed by atoms with Crippen LogP contribution in [-0.2, 0) is 14.8 Å². The van der Waals surface area contributed by atoms with Gasteiger partial charge in [0.25, 0.3) is 15.9 Å². The van der Waals surface area contributed by atoms with Gasteiger partial charge in [0.05, 0.1) is 16.1 Å². The van der Waals surface area contributed by atoms with Gasteiger partial charge in [-0.2, -0.15) is 0 Å². The third-order valence-corrected chi connectivity index (χ3v) is 5.87. The maximum Gasteiger partial charge on any atom is 0.261 e. The number of amides is 2. The molecule has 0 aliphatic carbocycles. The second-order valence-electron chi connectivity index (χ2n) is 6.40. The minimum absolute atomic E-state index is 0.134. The average molecular weight is 387 g/mol. The number of aryl methyl sites for hydroxylation is 1. The fourth-order valence-electron chi connectivity index (χ4n) is 2.88. The Hall–Kier alpha value is -2.87. The number of hydrogen-bond acceptors (Lipinski definition) is 4. The van der Waals surface area contributed by atoms with Crippen molar-refractivity contribution in [1.82, 2.24) is 9.80 Å². The Morgan fingerprint density at radius 1 is 1.00 bits per heavy atom. The van der Waals surface area contributed by atoms with Gasteiger partial charge < -0.3 is 9.80 Å². The molecule has 0 unspecified atom stereocenters. The number of benzene rings is 2. The summed E-state index contributed by atoms with van der Waals surface area (Å²) in [6.07, 6.45) is 0.769. The highest BCUT2D eigenvalue weighted by atomic mass is 32.2. The summed E-state index contributed by atoms with van der Waals surface area (Å²) in [6, 6.07) is 13.0. The molecule has 0 spiro atoms. The van der Waals surface area contributed by atoms with Gasteiger partial charge in [-0.25, -0.2) is 8.42 Å². The van der Waals surface area contributed by atoms with Gasteiger partial charge in [0.15, 0.2) is 0 Å². The number of sulfonamides is 1. The fourth-order valence-corrected chi connectivity index (χ4v) is 3.96. The Morgan fingerprint density at radius 3 is 2.26 bits per heavy atom. The molecule has 1 heterocycles. The van der Waals surface area contributed by atoms with E-state index >= 15 is 0 Å². The predicted octanol–water partition coefficient (Wildman–Crippen LogP) is 1.71. The monoisotopic (exact) mass is 387 g/mol. The van der Waals surface area contributed by atoms with Crippen LogP contribution in [0.25, 0.3) is 0 Å². The standard InChI is InChI=1S/C19H21N3O4S/c1-15-6-8-16(9-7-15)27(25,26)20-18-5-3-2-4-17(18)19(24)22-12-10-21(14-23)11-13-22/h2-9,14,20H,10-13H2,1H3. The van der Waals surface area contributed by atoms with E-state index in [1.165, 1.54) is 12.1 Å². The van der Waals surface area contributed by atoms with E-state index in [2.05, 4.69) is 4.72 Å². The maximum atomic E-state index is 12.9. The van der Waals surface area contributed by atoms with Crippen molar-refractivity contribution in [3.63, 3.8) is 0 Å². The van der Waals surface area contributed by atoms with E-state index in [9.17, 15) is 18.0 Å². The first-order chi connectivity index (χ1) is 12.9. The van der Waals surface area contributed by atoms with Crippen LogP contribution < -0.4 is 4.72 Å². The molecule has 1 aliphatic rings. The number of para-hydroxylation sites is 1. The van der Waals surface area contributed by atoms with E-state index < -0.39 is 10.0 Å². The molecular weight excluding hydrogens is 366 g/mol. The fraction of sp³-hybridized carbons (Fsp3) is 0.263. The molecule has 0 aromatic heterocycles. The normalized spacial score (nSPS) is 14.7.